The van der Waals surface area contributed by atoms with Crippen LogP contribution in [-0.4, -0.2) is 56.8 Å². The summed E-state index contributed by atoms with van der Waals surface area (Å²) in [5, 5.41) is 2.61. The molecule has 2 atom stereocenters. The third-order valence-corrected chi connectivity index (χ3v) is 6.43. The van der Waals surface area contributed by atoms with Gasteiger partial charge in [-0.2, -0.15) is 0 Å². The maximum absolute atomic E-state index is 12.0. The van der Waals surface area contributed by atoms with Crippen molar-refractivity contribution in [1.29, 1.82) is 0 Å². The SMILES string of the molecule is COc1ccc(SCC(=O)O[C@@H](C)C(=O)N[C@@H]2CCS(=O)(=O)C2)cc1. The van der Waals surface area contributed by atoms with Gasteiger partial charge < -0.3 is 14.8 Å². The van der Waals surface area contributed by atoms with Crippen LogP contribution in [0.2, 0.25) is 0 Å². The Morgan fingerprint density at radius 2 is 2.00 bits per heavy atom. The highest BCUT2D eigenvalue weighted by molar-refractivity contribution is 8.00. The number of hydrogen-bond acceptors (Lipinski definition) is 7. The molecule has 0 saturated carbocycles. The maximum atomic E-state index is 12.0. The molecule has 25 heavy (non-hydrogen) atoms. The van der Waals surface area contributed by atoms with Gasteiger partial charge in [0.15, 0.2) is 15.9 Å². The fourth-order valence-electron chi connectivity index (χ4n) is 2.33. The first-order valence-electron chi connectivity index (χ1n) is 7.76. The molecule has 138 valence electrons. The van der Waals surface area contributed by atoms with Crippen molar-refractivity contribution in [3.63, 3.8) is 0 Å². The first-order chi connectivity index (χ1) is 11.8. The van der Waals surface area contributed by atoms with Gasteiger partial charge >= 0.3 is 5.97 Å². The molecular weight excluding hydrogens is 366 g/mol. The summed E-state index contributed by atoms with van der Waals surface area (Å²) >= 11 is 1.29. The molecule has 0 bridgehead atoms. The fourth-order valence-corrected chi connectivity index (χ4v) is 4.68. The van der Waals surface area contributed by atoms with Crippen LogP contribution < -0.4 is 10.1 Å². The summed E-state index contributed by atoms with van der Waals surface area (Å²) in [6.45, 7) is 1.47. The van der Waals surface area contributed by atoms with E-state index in [9.17, 15) is 18.0 Å². The summed E-state index contributed by atoms with van der Waals surface area (Å²) in [5.74, 6) is -0.183. The maximum Gasteiger partial charge on any atom is 0.317 e. The lowest BCUT2D eigenvalue weighted by molar-refractivity contribution is -0.152. The molecule has 1 aromatic rings. The molecule has 7 nitrogen and oxygen atoms in total. The minimum absolute atomic E-state index is 0.0628. The standard InChI is InChI=1S/C16H21NO6S2/c1-11(16(19)17-12-7-8-25(20,21)10-12)23-15(18)9-24-14-5-3-13(22-2)4-6-14/h3-6,11-12H,7-10H2,1-2H3,(H,17,19)/t11-,12+/m0/s1. The van der Waals surface area contributed by atoms with Crippen molar-refractivity contribution in [2.75, 3.05) is 24.4 Å². The van der Waals surface area contributed by atoms with Gasteiger partial charge in [0, 0.05) is 10.9 Å². The average molecular weight is 387 g/mol. The van der Waals surface area contributed by atoms with Crippen LogP contribution in [0.15, 0.2) is 29.2 Å². The van der Waals surface area contributed by atoms with Gasteiger partial charge in [0.2, 0.25) is 0 Å². The molecule has 0 radical (unpaired) electrons. The zero-order valence-electron chi connectivity index (χ0n) is 14.1. The molecule has 1 amide bonds. The van der Waals surface area contributed by atoms with Crippen molar-refractivity contribution < 1.29 is 27.5 Å². The van der Waals surface area contributed by atoms with Crippen molar-refractivity contribution in [2.45, 2.75) is 30.4 Å². The van der Waals surface area contributed by atoms with Gasteiger partial charge in [0.25, 0.3) is 5.91 Å². The van der Waals surface area contributed by atoms with Crippen LogP contribution in [0, 0.1) is 0 Å². The molecule has 0 aliphatic carbocycles. The Morgan fingerprint density at radius 1 is 1.32 bits per heavy atom. The first-order valence-corrected chi connectivity index (χ1v) is 10.6. The second-order valence-corrected chi connectivity index (χ2v) is 8.98. The molecule has 1 heterocycles. The summed E-state index contributed by atoms with van der Waals surface area (Å²) < 4.78 is 32.9. The molecule has 1 aliphatic rings. The minimum atomic E-state index is -3.07. The lowest BCUT2D eigenvalue weighted by Crippen LogP contribution is -2.42. The number of carbonyl (C=O) groups excluding carboxylic acids is 2. The average Bonchev–Trinajstić information content (AvgIpc) is 2.91. The van der Waals surface area contributed by atoms with Crippen molar-refractivity contribution in [1.82, 2.24) is 5.32 Å². The van der Waals surface area contributed by atoms with Crippen LogP contribution in [0.1, 0.15) is 13.3 Å². The minimum Gasteiger partial charge on any atom is -0.497 e. The smallest absolute Gasteiger partial charge is 0.317 e. The van der Waals surface area contributed by atoms with Crippen molar-refractivity contribution in [3.8, 4) is 5.75 Å². The number of esters is 1. The summed E-state index contributed by atoms with van der Waals surface area (Å²) in [4.78, 5) is 24.7. The Bertz CT molecular complexity index is 717. The molecule has 1 N–H and O–H groups in total. The van der Waals surface area contributed by atoms with E-state index in [0.29, 0.717) is 6.42 Å². The second kappa shape index (κ2) is 8.57. The van der Waals surface area contributed by atoms with Crippen LogP contribution in [0.25, 0.3) is 0 Å². The van der Waals surface area contributed by atoms with Crippen LogP contribution in [0.4, 0.5) is 0 Å². The van der Waals surface area contributed by atoms with Gasteiger partial charge in [0.1, 0.15) is 5.75 Å². The Hall–Kier alpha value is -1.74. The molecule has 0 spiro atoms. The number of methoxy groups -OCH3 is 1. The molecule has 0 aromatic heterocycles. The van der Waals surface area contributed by atoms with E-state index in [2.05, 4.69) is 5.32 Å². The second-order valence-electron chi connectivity index (χ2n) is 5.70. The van der Waals surface area contributed by atoms with E-state index in [4.69, 9.17) is 9.47 Å². The number of carbonyl (C=O) groups is 2. The Morgan fingerprint density at radius 3 is 2.56 bits per heavy atom. The highest BCUT2D eigenvalue weighted by Gasteiger charge is 2.30. The van der Waals surface area contributed by atoms with Gasteiger partial charge in [-0.05, 0) is 37.6 Å². The number of amides is 1. The molecule has 1 aromatic carbocycles. The third-order valence-electron chi connectivity index (χ3n) is 3.67. The van der Waals surface area contributed by atoms with E-state index in [0.717, 1.165) is 10.6 Å². The lowest BCUT2D eigenvalue weighted by Gasteiger charge is -2.16. The highest BCUT2D eigenvalue weighted by Crippen LogP contribution is 2.21. The molecule has 1 aliphatic heterocycles. The van der Waals surface area contributed by atoms with Gasteiger partial charge in [0.05, 0.1) is 24.4 Å². The van der Waals surface area contributed by atoms with Crippen LogP contribution in [0.3, 0.4) is 0 Å². The Labute approximate surface area is 151 Å². The van der Waals surface area contributed by atoms with Crippen LogP contribution >= 0.6 is 11.8 Å². The summed E-state index contributed by atoms with van der Waals surface area (Å²) in [6, 6.07) is 6.83. The number of ether oxygens (including phenoxy) is 2. The van der Waals surface area contributed by atoms with Gasteiger partial charge in [-0.15, -0.1) is 11.8 Å². The molecule has 2 rings (SSSR count). The van der Waals surface area contributed by atoms with E-state index < -0.39 is 33.9 Å². The number of rotatable bonds is 7. The summed E-state index contributed by atoms with van der Waals surface area (Å²) in [6.07, 6.45) is -0.575. The topological polar surface area (TPSA) is 98.8 Å². The Kier molecular flexibility index (Phi) is 6.71. The van der Waals surface area contributed by atoms with E-state index in [-0.39, 0.29) is 17.3 Å². The first kappa shape index (κ1) is 19.6. The monoisotopic (exact) mass is 387 g/mol. The van der Waals surface area contributed by atoms with E-state index in [1.807, 2.05) is 12.1 Å². The fraction of sp³-hybridized carbons (Fsp3) is 0.500. The predicted molar refractivity (Wildman–Crippen MR) is 94.5 cm³/mol. The normalized spacial score (nSPS) is 19.8. The molecule has 9 heteroatoms. The third kappa shape index (κ3) is 6.24. The molecule has 1 saturated heterocycles. The van der Waals surface area contributed by atoms with E-state index in [1.165, 1.54) is 18.7 Å². The number of benzene rings is 1. The zero-order valence-corrected chi connectivity index (χ0v) is 15.7. The van der Waals surface area contributed by atoms with Crippen molar-refractivity contribution >= 4 is 33.5 Å². The predicted octanol–water partition coefficient (Wildman–Crippen LogP) is 1.02. The summed E-state index contributed by atoms with van der Waals surface area (Å²) in [7, 11) is -1.49. The van der Waals surface area contributed by atoms with E-state index in [1.54, 1.807) is 19.2 Å². The molecular formula is C16H21NO6S2. The zero-order chi connectivity index (χ0) is 18.4. The molecule has 1 fully saturated rings. The largest absolute Gasteiger partial charge is 0.497 e. The lowest BCUT2D eigenvalue weighted by atomic mass is 10.2. The van der Waals surface area contributed by atoms with Gasteiger partial charge in [-0.1, -0.05) is 0 Å². The van der Waals surface area contributed by atoms with Gasteiger partial charge in [-0.3, -0.25) is 9.59 Å². The van der Waals surface area contributed by atoms with Crippen molar-refractivity contribution in [3.05, 3.63) is 24.3 Å². The van der Waals surface area contributed by atoms with Gasteiger partial charge in [-0.25, -0.2) is 8.42 Å². The number of nitrogens with one attached hydrogen (secondary N) is 1. The highest BCUT2D eigenvalue weighted by atomic mass is 32.2. The quantitative estimate of drug-likeness (QED) is 0.551. The number of thioether (sulfide) groups is 1. The number of sulfone groups is 1. The van der Waals surface area contributed by atoms with Crippen LogP contribution in [0.5, 0.6) is 5.75 Å². The van der Waals surface area contributed by atoms with Crippen molar-refractivity contribution in [2.24, 2.45) is 0 Å². The number of hydrogen-bond donors (Lipinski definition) is 1. The van der Waals surface area contributed by atoms with Crippen LogP contribution in [-0.2, 0) is 24.2 Å². The Balaban J connectivity index is 1.74. The summed E-state index contributed by atoms with van der Waals surface area (Å²) in [5.41, 5.74) is 0. The molecule has 0 unspecified atom stereocenters. The van der Waals surface area contributed by atoms with E-state index >= 15 is 0 Å².